The van der Waals surface area contributed by atoms with Gasteiger partial charge in [-0.05, 0) is 36.1 Å². The number of benzene rings is 1. The van der Waals surface area contributed by atoms with Crippen LogP contribution in [0.5, 0.6) is 0 Å². The zero-order chi connectivity index (χ0) is 13.1. The van der Waals surface area contributed by atoms with E-state index < -0.39 is 6.10 Å². The van der Waals surface area contributed by atoms with Crippen molar-refractivity contribution >= 4 is 5.82 Å². The van der Waals surface area contributed by atoms with E-state index in [2.05, 4.69) is 11.9 Å². The van der Waals surface area contributed by atoms with Gasteiger partial charge in [0.2, 0.25) is 0 Å². The summed E-state index contributed by atoms with van der Waals surface area (Å²) in [5, 5.41) is 10.5. The van der Waals surface area contributed by atoms with Crippen LogP contribution < -0.4 is 5.73 Å². The number of aryl methyl sites for hydroxylation is 2. The van der Waals surface area contributed by atoms with Crippen molar-refractivity contribution < 1.29 is 5.11 Å². The molecule has 2 aromatic rings. The molecular weight excluding hydrogens is 224 g/mol. The SMILES string of the molecule is CCc1ccccc1C(O)c1cc(C)cnc1N. The normalized spacial score (nSPS) is 12.4. The van der Waals surface area contributed by atoms with Gasteiger partial charge >= 0.3 is 0 Å². The maximum absolute atomic E-state index is 10.5. The van der Waals surface area contributed by atoms with Crippen LogP contribution >= 0.6 is 0 Å². The predicted octanol–water partition coefficient (Wildman–Crippen LogP) is 2.62. The lowest BCUT2D eigenvalue weighted by atomic mass is 9.95. The van der Waals surface area contributed by atoms with Crippen molar-refractivity contribution in [2.24, 2.45) is 0 Å². The van der Waals surface area contributed by atoms with E-state index in [9.17, 15) is 5.11 Å². The molecule has 1 heterocycles. The average Bonchev–Trinajstić information content (AvgIpc) is 2.40. The highest BCUT2D eigenvalue weighted by Gasteiger charge is 2.16. The van der Waals surface area contributed by atoms with Gasteiger partial charge in [-0.25, -0.2) is 4.98 Å². The van der Waals surface area contributed by atoms with E-state index in [4.69, 9.17) is 5.73 Å². The van der Waals surface area contributed by atoms with Crippen molar-refractivity contribution in [1.82, 2.24) is 4.98 Å². The van der Waals surface area contributed by atoms with Gasteiger partial charge in [-0.1, -0.05) is 31.2 Å². The fourth-order valence-electron chi connectivity index (χ4n) is 2.11. The Morgan fingerprint density at radius 3 is 2.72 bits per heavy atom. The van der Waals surface area contributed by atoms with Gasteiger partial charge in [0.25, 0.3) is 0 Å². The summed E-state index contributed by atoms with van der Waals surface area (Å²) in [6, 6.07) is 9.76. The highest BCUT2D eigenvalue weighted by molar-refractivity contribution is 5.47. The molecule has 1 aromatic carbocycles. The van der Waals surface area contributed by atoms with Crippen molar-refractivity contribution in [1.29, 1.82) is 0 Å². The summed E-state index contributed by atoms with van der Waals surface area (Å²) >= 11 is 0. The number of anilines is 1. The molecule has 3 nitrogen and oxygen atoms in total. The van der Waals surface area contributed by atoms with Crippen molar-refractivity contribution in [3.05, 3.63) is 58.8 Å². The lowest BCUT2D eigenvalue weighted by Crippen LogP contribution is -2.08. The Balaban J connectivity index is 2.47. The second-order valence-electron chi connectivity index (χ2n) is 4.44. The number of nitrogens with zero attached hydrogens (tertiary/aromatic N) is 1. The van der Waals surface area contributed by atoms with Gasteiger partial charge in [0.05, 0.1) is 0 Å². The molecule has 1 atom stereocenters. The van der Waals surface area contributed by atoms with Crippen LogP contribution in [0.2, 0.25) is 0 Å². The number of hydrogen-bond donors (Lipinski definition) is 2. The third kappa shape index (κ3) is 2.36. The summed E-state index contributed by atoms with van der Waals surface area (Å²) < 4.78 is 0. The molecule has 18 heavy (non-hydrogen) atoms. The quantitative estimate of drug-likeness (QED) is 0.869. The van der Waals surface area contributed by atoms with Gasteiger partial charge in [0.1, 0.15) is 11.9 Å². The summed E-state index contributed by atoms with van der Waals surface area (Å²) in [6.07, 6.45) is 1.87. The van der Waals surface area contributed by atoms with Gasteiger partial charge in [-0.3, -0.25) is 0 Å². The zero-order valence-corrected chi connectivity index (χ0v) is 10.7. The topological polar surface area (TPSA) is 59.1 Å². The Bertz CT molecular complexity index is 552. The van der Waals surface area contributed by atoms with Crippen molar-refractivity contribution in [3.63, 3.8) is 0 Å². The molecule has 0 spiro atoms. The van der Waals surface area contributed by atoms with Crippen LogP contribution in [0.1, 0.15) is 35.3 Å². The molecular formula is C15H18N2O. The monoisotopic (exact) mass is 242 g/mol. The number of nitrogens with two attached hydrogens (primary N) is 1. The van der Waals surface area contributed by atoms with Crippen molar-refractivity contribution in [2.75, 3.05) is 5.73 Å². The standard InChI is InChI=1S/C15H18N2O/c1-3-11-6-4-5-7-12(11)14(18)13-8-10(2)9-17-15(13)16/h4-9,14,18H,3H2,1-2H3,(H2,16,17). The summed E-state index contributed by atoms with van der Waals surface area (Å²) in [5.74, 6) is 0.388. The molecule has 0 radical (unpaired) electrons. The summed E-state index contributed by atoms with van der Waals surface area (Å²) in [5.41, 5.74) is 9.55. The first kappa shape index (κ1) is 12.6. The molecule has 0 aliphatic heterocycles. The van der Waals surface area contributed by atoms with Crippen LogP contribution in [0.15, 0.2) is 36.5 Å². The molecule has 0 amide bonds. The van der Waals surface area contributed by atoms with Gasteiger partial charge < -0.3 is 10.8 Å². The van der Waals surface area contributed by atoms with E-state index in [-0.39, 0.29) is 0 Å². The fourth-order valence-corrected chi connectivity index (χ4v) is 2.11. The van der Waals surface area contributed by atoms with Gasteiger partial charge in [-0.15, -0.1) is 0 Å². The maximum atomic E-state index is 10.5. The molecule has 1 aromatic heterocycles. The van der Waals surface area contributed by atoms with Gasteiger partial charge in [0.15, 0.2) is 0 Å². The molecule has 0 saturated heterocycles. The number of nitrogen functional groups attached to an aromatic ring is 1. The predicted molar refractivity (Wildman–Crippen MR) is 73.3 cm³/mol. The highest BCUT2D eigenvalue weighted by atomic mass is 16.3. The van der Waals surface area contributed by atoms with E-state index in [0.29, 0.717) is 11.4 Å². The number of rotatable bonds is 3. The van der Waals surface area contributed by atoms with E-state index >= 15 is 0 Å². The second-order valence-corrected chi connectivity index (χ2v) is 4.44. The van der Waals surface area contributed by atoms with Crippen LogP contribution in [-0.4, -0.2) is 10.1 Å². The second kappa shape index (κ2) is 5.19. The Hall–Kier alpha value is -1.87. The zero-order valence-electron chi connectivity index (χ0n) is 10.7. The summed E-state index contributed by atoms with van der Waals surface area (Å²) in [4.78, 5) is 4.10. The van der Waals surface area contributed by atoms with E-state index in [1.54, 1.807) is 6.20 Å². The molecule has 0 aliphatic carbocycles. The third-order valence-electron chi connectivity index (χ3n) is 3.11. The minimum Gasteiger partial charge on any atom is -0.384 e. The lowest BCUT2D eigenvalue weighted by Gasteiger charge is -2.16. The number of aliphatic hydroxyl groups excluding tert-OH is 1. The Morgan fingerprint density at radius 2 is 2.00 bits per heavy atom. The lowest BCUT2D eigenvalue weighted by molar-refractivity contribution is 0.219. The Labute approximate surface area is 107 Å². The fraction of sp³-hybridized carbons (Fsp3) is 0.267. The van der Waals surface area contributed by atoms with Gasteiger partial charge in [-0.2, -0.15) is 0 Å². The van der Waals surface area contributed by atoms with Crippen LogP contribution in [0.4, 0.5) is 5.82 Å². The molecule has 3 N–H and O–H groups in total. The molecule has 0 aliphatic rings. The van der Waals surface area contributed by atoms with Crippen LogP contribution in [0, 0.1) is 6.92 Å². The van der Waals surface area contributed by atoms with Crippen molar-refractivity contribution in [2.45, 2.75) is 26.4 Å². The number of aromatic nitrogens is 1. The molecule has 0 saturated carbocycles. The molecule has 3 heteroatoms. The van der Waals surface area contributed by atoms with Gasteiger partial charge in [0, 0.05) is 11.8 Å². The average molecular weight is 242 g/mol. The first-order valence-corrected chi connectivity index (χ1v) is 6.11. The molecule has 0 bridgehead atoms. The van der Waals surface area contributed by atoms with Crippen LogP contribution in [0.25, 0.3) is 0 Å². The highest BCUT2D eigenvalue weighted by Crippen LogP contribution is 2.28. The molecule has 2 rings (SSSR count). The minimum absolute atomic E-state index is 0.388. The molecule has 1 unspecified atom stereocenters. The smallest absolute Gasteiger partial charge is 0.129 e. The molecule has 94 valence electrons. The largest absolute Gasteiger partial charge is 0.384 e. The van der Waals surface area contributed by atoms with E-state index in [0.717, 1.165) is 23.1 Å². The Morgan fingerprint density at radius 1 is 1.28 bits per heavy atom. The molecule has 0 fully saturated rings. The Kier molecular flexibility index (Phi) is 3.63. The number of aliphatic hydroxyl groups is 1. The van der Waals surface area contributed by atoms with E-state index in [1.807, 2.05) is 37.3 Å². The first-order chi connectivity index (χ1) is 8.63. The summed E-state index contributed by atoms with van der Waals surface area (Å²) in [6.45, 7) is 4.01. The number of hydrogen-bond acceptors (Lipinski definition) is 3. The third-order valence-corrected chi connectivity index (χ3v) is 3.11. The van der Waals surface area contributed by atoms with E-state index in [1.165, 1.54) is 0 Å². The number of pyridine rings is 1. The maximum Gasteiger partial charge on any atom is 0.129 e. The first-order valence-electron chi connectivity index (χ1n) is 6.11. The van der Waals surface area contributed by atoms with Crippen molar-refractivity contribution in [3.8, 4) is 0 Å². The summed E-state index contributed by atoms with van der Waals surface area (Å²) in [7, 11) is 0. The minimum atomic E-state index is -0.714. The van der Waals surface area contributed by atoms with Crippen LogP contribution in [0.3, 0.4) is 0 Å². The van der Waals surface area contributed by atoms with Crippen LogP contribution in [-0.2, 0) is 6.42 Å².